The van der Waals surface area contributed by atoms with Crippen LogP contribution in [0.4, 0.5) is 13.2 Å². The molecule has 0 fully saturated rings. The van der Waals surface area contributed by atoms with Crippen LogP contribution < -0.4 is 5.01 Å². The fourth-order valence-electron chi connectivity index (χ4n) is 2.04. The van der Waals surface area contributed by atoms with Crippen LogP contribution in [0.5, 0.6) is 0 Å². The van der Waals surface area contributed by atoms with Gasteiger partial charge < -0.3 is 4.42 Å². The van der Waals surface area contributed by atoms with Crippen LogP contribution in [0.15, 0.2) is 38.4 Å². The van der Waals surface area contributed by atoms with E-state index in [1.165, 1.54) is 23.0 Å². The second kappa shape index (κ2) is 3.98. The lowest BCUT2D eigenvalue weighted by Gasteiger charge is -2.24. The number of furan rings is 1. The number of halogens is 3. The summed E-state index contributed by atoms with van der Waals surface area (Å²) in [5.74, 6) is -0.445. The maximum absolute atomic E-state index is 13.0. The summed E-state index contributed by atoms with van der Waals surface area (Å²) in [4.78, 5) is 0. The highest BCUT2D eigenvalue weighted by molar-refractivity contribution is 8.07. The summed E-state index contributed by atoms with van der Waals surface area (Å²) in [6.45, 7) is 0. The van der Waals surface area contributed by atoms with Gasteiger partial charge in [-0.25, -0.2) is 9.69 Å². The second-order valence-electron chi connectivity index (χ2n) is 4.02. The average Bonchev–Trinajstić information content (AvgIpc) is 3.08. The summed E-state index contributed by atoms with van der Waals surface area (Å²) in [7, 11) is 0. The molecule has 2 aliphatic heterocycles. The monoisotopic (exact) mass is 318 g/mol. The SMILES string of the molecule is FC(F)(F)c1nnc2n1N1C(=CSC1c1ccco1)S2. The van der Waals surface area contributed by atoms with Crippen LogP contribution in [-0.4, -0.2) is 14.9 Å². The van der Waals surface area contributed by atoms with Gasteiger partial charge in [0, 0.05) is 5.41 Å². The van der Waals surface area contributed by atoms with Crippen LogP contribution in [0, 0.1) is 0 Å². The van der Waals surface area contributed by atoms with Gasteiger partial charge in [-0.3, -0.25) is 0 Å². The predicted octanol–water partition coefficient (Wildman–Crippen LogP) is 3.18. The van der Waals surface area contributed by atoms with Crippen molar-refractivity contribution in [3.05, 3.63) is 40.4 Å². The zero-order chi connectivity index (χ0) is 13.9. The summed E-state index contributed by atoms with van der Waals surface area (Å²) in [6, 6.07) is 3.43. The number of aromatic nitrogens is 3. The number of thioether (sulfide) groups is 2. The van der Waals surface area contributed by atoms with Gasteiger partial charge in [0.15, 0.2) is 5.37 Å². The van der Waals surface area contributed by atoms with Crippen molar-refractivity contribution >= 4 is 23.5 Å². The number of fused-ring (bicyclic) bond motifs is 3. The van der Waals surface area contributed by atoms with Crippen LogP contribution in [0.3, 0.4) is 0 Å². The Balaban J connectivity index is 1.82. The van der Waals surface area contributed by atoms with Crippen molar-refractivity contribution in [2.75, 3.05) is 5.01 Å². The minimum Gasteiger partial charge on any atom is -0.466 e. The minimum absolute atomic E-state index is 0.209. The van der Waals surface area contributed by atoms with Gasteiger partial charge in [0.1, 0.15) is 10.8 Å². The van der Waals surface area contributed by atoms with E-state index in [2.05, 4.69) is 10.2 Å². The zero-order valence-electron chi connectivity index (χ0n) is 9.53. The highest BCUT2D eigenvalue weighted by Crippen LogP contribution is 2.52. The first-order chi connectivity index (χ1) is 9.55. The Morgan fingerprint density at radius 1 is 1.30 bits per heavy atom. The lowest BCUT2D eigenvalue weighted by molar-refractivity contribution is -0.147. The number of nitrogens with zero attached hydrogens (tertiary/aromatic N) is 4. The van der Waals surface area contributed by atoms with Crippen molar-refractivity contribution in [1.29, 1.82) is 0 Å². The Kier molecular flexibility index (Phi) is 2.43. The number of hydrogen-bond acceptors (Lipinski definition) is 6. The number of hydrogen-bond donors (Lipinski definition) is 0. The normalized spacial score (nSPS) is 21.1. The van der Waals surface area contributed by atoms with Crippen molar-refractivity contribution in [1.82, 2.24) is 14.9 Å². The van der Waals surface area contributed by atoms with Crippen LogP contribution >= 0.6 is 23.5 Å². The fraction of sp³-hybridized carbons (Fsp3) is 0.200. The van der Waals surface area contributed by atoms with E-state index in [4.69, 9.17) is 4.42 Å². The van der Waals surface area contributed by atoms with E-state index < -0.39 is 12.0 Å². The van der Waals surface area contributed by atoms with Gasteiger partial charge in [0.05, 0.1) is 6.26 Å². The maximum Gasteiger partial charge on any atom is 0.453 e. The second-order valence-corrected chi connectivity index (χ2v) is 5.96. The number of rotatable bonds is 1. The molecular weight excluding hydrogens is 313 g/mol. The summed E-state index contributed by atoms with van der Waals surface area (Å²) in [6.07, 6.45) is -3.06. The van der Waals surface area contributed by atoms with Gasteiger partial charge in [0.25, 0.3) is 5.82 Å². The molecule has 10 heteroatoms. The van der Waals surface area contributed by atoms with E-state index in [-0.39, 0.29) is 10.5 Å². The Morgan fingerprint density at radius 3 is 2.85 bits per heavy atom. The first-order valence-corrected chi connectivity index (χ1v) is 7.20. The summed E-state index contributed by atoms with van der Waals surface area (Å²) in [5.41, 5.74) is 0. The molecule has 0 aliphatic carbocycles. The quantitative estimate of drug-likeness (QED) is 0.805. The van der Waals surface area contributed by atoms with Crippen LogP contribution in [0.25, 0.3) is 0 Å². The molecule has 0 spiro atoms. The van der Waals surface area contributed by atoms with Crippen LogP contribution in [0.1, 0.15) is 17.0 Å². The first-order valence-electron chi connectivity index (χ1n) is 5.45. The van der Waals surface area contributed by atoms with Crippen LogP contribution in [-0.2, 0) is 6.18 Å². The molecule has 104 valence electrons. The lowest BCUT2D eigenvalue weighted by atomic mass is 10.4. The van der Waals surface area contributed by atoms with Gasteiger partial charge >= 0.3 is 6.18 Å². The maximum atomic E-state index is 13.0. The third-order valence-corrected chi connectivity index (χ3v) is 4.96. The largest absolute Gasteiger partial charge is 0.466 e. The van der Waals surface area contributed by atoms with Gasteiger partial charge in [-0.15, -0.1) is 10.2 Å². The topological polar surface area (TPSA) is 47.1 Å². The molecule has 0 bridgehead atoms. The molecule has 2 aromatic rings. The smallest absolute Gasteiger partial charge is 0.453 e. The molecule has 4 heterocycles. The molecule has 0 aromatic carbocycles. The number of alkyl halides is 3. The molecule has 0 saturated carbocycles. The molecule has 20 heavy (non-hydrogen) atoms. The molecule has 5 nitrogen and oxygen atoms in total. The van der Waals surface area contributed by atoms with Crippen LogP contribution in [0.2, 0.25) is 0 Å². The summed E-state index contributed by atoms with van der Waals surface area (Å²) >= 11 is 2.54. The van der Waals surface area contributed by atoms with E-state index in [0.29, 0.717) is 10.8 Å². The molecule has 2 aliphatic rings. The molecule has 0 saturated heterocycles. The fourth-order valence-corrected chi connectivity index (χ4v) is 4.22. The van der Waals surface area contributed by atoms with E-state index >= 15 is 0 Å². The molecule has 1 atom stereocenters. The molecule has 0 radical (unpaired) electrons. The summed E-state index contributed by atoms with van der Waals surface area (Å²) < 4.78 is 45.3. The molecule has 2 aromatic heterocycles. The lowest BCUT2D eigenvalue weighted by Crippen LogP contribution is -2.33. The van der Waals surface area contributed by atoms with E-state index in [9.17, 15) is 13.2 Å². The van der Waals surface area contributed by atoms with Gasteiger partial charge in [0.2, 0.25) is 5.16 Å². The van der Waals surface area contributed by atoms with Crippen molar-refractivity contribution in [2.45, 2.75) is 16.7 Å². The first kappa shape index (κ1) is 12.2. The Morgan fingerprint density at radius 2 is 2.15 bits per heavy atom. The van der Waals surface area contributed by atoms with Gasteiger partial charge in [-0.2, -0.15) is 13.2 Å². The Hall–Kier alpha value is -1.55. The van der Waals surface area contributed by atoms with Crippen molar-refractivity contribution in [2.24, 2.45) is 0 Å². The third kappa shape index (κ3) is 1.61. The highest BCUT2D eigenvalue weighted by atomic mass is 32.2. The van der Waals surface area contributed by atoms with Crippen molar-refractivity contribution in [3.8, 4) is 0 Å². The summed E-state index contributed by atoms with van der Waals surface area (Å²) in [5, 5.41) is 10.7. The highest BCUT2D eigenvalue weighted by Gasteiger charge is 2.47. The van der Waals surface area contributed by atoms with E-state index in [0.717, 1.165) is 16.4 Å². The van der Waals surface area contributed by atoms with E-state index in [1.807, 2.05) is 0 Å². The average molecular weight is 318 g/mol. The van der Waals surface area contributed by atoms with Gasteiger partial charge in [-0.1, -0.05) is 11.8 Å². The molecule has 0 N–H and O–H groups in total. The minimum atomic E-state index is -4.55. The third-order valence-electron chi connectivity index (χ3n) is 2.81. The van der Waals surface area contributed by atoms with Crippen molar-refractivity contribution in [3.63, 3.8) is 0 Å². The Labute approximate surface area is 118 Å². The molecule has 0 amide bonds. The standard InChI is InChI=1S/C10H5F3N4OS2/c11-10(12,13)8-14-15-9-17(8)16-6(20-9)4-19-7(16)5-2-1-3-18-5/h1-4,7H. The predicted molar refractivity (Wildman–Crippen MR) is 66.2 cm³/mol. The molecule has 4 rings (SSSR count). The molecular formula is C10H5F3N4OS2. The molecule has 1 unspecified atom stereocenters. The zero-order valence-corrected chi connectivity index (χ0v) is 11.2. The van der Waals surface area contributed by atoms with Gasteiger partial charge in [-0.05, 0) is 23.9 Å². The Bertz CT molecular complexity index is 694. The van der Waals surface area contributed by atoms with Crippen molar-refractivity contribution < 1.29 is 17.6 Å². The van der Waals surface area contributed by atoms with E-state index in [1.54, 1.807) is 17.5 Å².